The van der Waals surface area contributed by atoms with E-state index in [0.29, 0.717) is 11.4 Å². The minimum absolute atomic E-state index is 0.00769. The summed E-state index contributed by atoms with van der Waals surface area (Å²) in [5.74, 6) is -6.60. The van der Waals surface area contributed by atoms with Gasteiger partial charge in [-0.2, -0.15) is 17.6 Å². The van der Waals surface area contributed by atoms with Gasteiger partial charge in [0.25, 0.3) is 11.5 Å². The lowest BCUT2D eigenvalue weighted by atomic mass is 10.1. The molecule has 0 saturated heterocycles. The highest BCUT2D eigenvalue weighted by Crippen LogP contribution is 2.12. The molecule has 0 unspecified atom stereocenters. The summed E-state index contributed by atoms with van der Waals surface area (Å²) in [5, 5.41) is 31.2. The summed E-state index contributed by atoms with van der Waals surface area (Å²) in [6.07, 6.45) is 0.476. The van der Waals surface area contributed by atoms with Crippen LogP contribution in [0.1, 0.15) is 35.3 Å². The van der Waals surface area contributed by atoms with Crippen molar-refractivity contribution in [2.24, 2.45) is 11.5 Å². The van der Waals surface area contributed by atoms with E-state index in [1.54, 1.807) is 0 Å². The van der Waals surface area contributed by atoms with E-state index in [4.69, 9.17) is 17.2 Å². The SMILES string of the molecule is NCC[C@@H](NC(=O)C[C@@H](NC(=O)c1ccc(NCc2cnc3nc(N)[nH]c(=O)c3n2)cc1)C(=O)O)C(=O)N[C@H](CCN)C(=O)N[C@H](CS)C(=O)O. The second-order valence-corrected chi connectivity index (χ2v) is 11.3. The van der Waals surface area contributed by atoms with Crippen molar-refractivity contribution in [2.45, 2.75) is 50.0 Å². The molecular formula is C29H38N12O9S. The molecule has 4 amide bonds. The normalized spacial score (nSPS) is 13.2. The van der Waals surface area contributed by atoms with Gasteiger partial charge in [-0.05, 0) is 50.2 Å². The number of hydrogen-bond donors (Lipinski definition) is 12. The number of hydrogen-bond acceptors (Lipinski definition) is 15. The van der Waals surface area contributed by atoms with E-state index >= 15 is 0 Å². The highest BCUT2D eigenvalue weighted by molar-refractivity contribution is 7.80. The highest BCUT2D eigenvalue weighted by atomic mass is 32.1. The standard InChI is InChI=1S/C29H38N12O9S/c30-7-5-16(24(44)37-17(6-8-31)25(45)39-19(12-51)28(49)50)36-20(42)9-18(27(47)48)38-23(43)13-1-3-14(4-2-13)33-10-15-11-34-22-21(35-15)26(46)41-29(32)40-22/h1-4,11,16-19,33,51H,5-10,12,30-31H2,(H,36,42)(H,37,44)(H,38,43)(H,39,45)(H,47,48)(H,49,50)(H3,32,34,40,41,46)/t16-,17-,18-,19-/m1/s1. The third kappa shape index (κ3) is 11.6. The lowest BCUT2D eigenvalue weighted by Crippen LogP contribution is -2.57. The molecule has 2 aromatic heterocycles. The van der Waals surface area contributed by atoms with Crippen molar-refractivity contribution in [3.05, 3.63) is 52.1 Å². The number of aliphatic carboxylic acids is 2. The third-order valence-corrected chi connectivity index (χ3v) is 7.46. The van der Waals surface area contributed by atoms with Crippen LogP contribution in [-0.4, -0.2) is 109 Å². The van der Waals surface area contributed by atoms with E-state index in [-0.39, 0.29) is 60.9 Å². The van der Waals surface area contributed by atoms with Crippen LogP contribution in [-0.2, 0) is 30.5 Å². The number of nitrogens with zero attached hydrogens (tertiary/aromatic N) is 3. The van der Waals surface area contributed by atoms with Gasteiger partial charge < -0.3 is 54.0 Å². The van der Waals surface area contributed by atoms with Gasteiger partial charge in [0.1, 0.15) is 24.2 Å². The predicted octanol–water partition coefficient (Wildman–Crippen LogP) is -3.35. The number of carbonyl (C=O) groups excluding carboxylic acids is 4. The fourth-order valence-corrected chi connectivity index (χ4v) is 4.72. The second kappa shape index (κ2) is 18.8. The minimum Gasteiger partial charge on any atom is -0.480 e. The quantitative estimate of drug-likeness (QED) is 0.0536. The third-order valence-electron chi connectivity index (χ3n) is 7.09. The van der Waals surface area contributed by atoms with Crippen molar-refractivity contribution >= 4 is 71.0 Å². The van der Waals surface area contributed by atoms with E-state index in [0.717, 1.165) is 0 Å². The molecule has 3 rings (SSSR count). The van der Waals surface area contributed by atoms with Crippen molar-refractivity contribution < 1.29 is 39.0 Å². The molecule has 0 fully saturated rings. The van der Waals surface area contributed by atoms with Gasteiger partial charge in [-0.3, -0.25) is 29.0 Å². The minimum atomic E-state index is -1.69. The summed E-state index contributed by atoms with van der Waals surface area (Å²) < 4.78 is 0. The van der Waals surface area contributed by atoms with Crippen LogP contribution in [0.5, 0.6) is 0 Å². The lowest BCUT2D eigenvalue weighted by molar-refractivity contribution is -0.141. The molecular weight excluding hydrogens is 692 g/mol. The number of anilines is 2. The van der Waals surface area contributed by atoms with Crippen LogP contribution < -0.4 is 49.3 Å². The number of amides is 4. The number of nitrogen functional groups attached to an aromatic ring is 1. The van der Waals surface area contributed by atoms with Crippen LogP contribution in [0.3, 0.4) is 0 Å². The molecule has 1 aromatic carbocycles. The average Bonchev–Trinajstić information content (AvgIpc) is 3.08. The van der Waals surface area contributed by atoms with Crippen LogP contribution in [0.2, 0.25) is 0 Å². The summed E-state index contributed by atoms with van der Waals surface area (Å²) in [6, 6.07) is 0.296. The molecule has 274 valence electrons. The van der Waals surface area contributed by atoms with Gasteiger partial charge in [0.15, 0.2) is 11.2 Å². The smallest absolute Gasteiger partial charge is 0.327 e. The zero-order valence-corrected chi connectivity index (χ0v) is 27.8. The second-order valence-electron chi connectivity index (χ2n) is 10.9. The zero-order chi connectivity index (χ0) is 37.7. The van der Waals surface area contributed by atoms with E-state index in [1.807, 2.05) is 0 Å². The van der Waals surface area contributed by atoms with Gasteiger partial charge in [0, 0.05) is 17.0 Å². The highest BCUT2D eigenvalue weighted by Gasteiger charge is 2.30. The first kappa shape index (κ1) is 39.6. The van der Waals surface area contributed by atoms with E-state index in [2.05, 4.69) is 59.1 Å². The maximum Gasteiger partial charge on any atom is 0.327 e. The Balaban J connectivity index is 1.59. The number of benzene rings is 1. The number of carboxylic acids is 2. The Hall–Kier alpha value is -5.87. The maximum atomic E-state index is 13.0. The van der Waals surface area contributed by atoms with Gasteiger partial charge in [0.2, 0.25) is 23.7 Å². The topological polar surface area (TPSA) is 353 Å². The largest absolute Gasteiger partial charge is 0.480 e. The van der Waals surface area contributed by atoms with Gasteiger partial charge in [-0.15, -0.1) is 0 Å². The van der Waals surface area contributed by atoms with Gasteiger partial charge in [0.05, 0.1) is 24.9 Å². The Kier molecular flexibility index (Phi) is 14.6. The van der Waals surface area contributed by atoms with Gasteiger partial charge in [-0.1, -0.05) is 0 Å². The molecule has 51 heavy (non-hydrogen) atoms. The summed E-state index contributed by atoms with van der Waals surface area (Å²) >= 11 is 3.88. The molecule has 0 bridgehead atoms. The lowest BCUT2D eigenvalue weighted by Gasteiger charge is -2.24. The summed E-state index contributed by atoms with van der Waals surface area (Å²) in [5.41, 5.74) is 17.2. The fraction of sp³-hybridized carbons (Fsp3) is 0.379. The number of nitrogens with two attached hydrogens (primary N) is 3. The number of rotatable bonds is 19. The number of carbonyl (C=O) groups is 6. The fourth-order valence-electron chi connectivity index (χ4n) is 4.47. The molecule has 0 aliphatic rings. The Morgan fingerprint density at radius 1 is 0.824 bits per heavy atom. The first-order valence-electron chi connectivity index (χ1n) is 15.3. The Bertz CT molecular complexity index is 1810. The number of nitrogens with one attached hydrogen (secondary N) is 6. The summed E-state index contributed by atoms with van der Waals surface area (Å²) in [7, 11) is 0. The van der Waals surface area contributed by atoms with Crippen molar-refractivity contribution in [1.82, 2.24) is 41.2 Å². The van der Waals surface area contributed by atoms with Crippen LogP contribution >= 0.6 is 12.6 Å². The number of aromatic nitrogens is 4. The molecule has 2 heterocycles. The summed E-state index contributed by atoms with van der Waals surface area (Å²) in [4.78, 5) is 101. The number of aromatic amines is 1. The molecule has 3 aromatic rings. The Morgan fingerprint density at radius 3 is 1.98 bits per heavy atom. The van der Waals surface area contributed by atoms with E-state index < -0.39 is 71.7 Å². The Morgan fingerprint density at radius 2 is 1.41 bits per heavy atom. The predicted molar refractivity (Wildman–Crippen MR) is 184 cm³/mol. The van der Waals surface area contributed by atoms with Crippen molar-refractivity contribution in [2.75, 3.05) is 29.9 Å². The van der Waals surface area contributed by atoms with Crippen molar-refractivity contribution in [1.29, 1.82) is 0 Å². The molecule has 0 saturated carbocycles. The van der Waals surface area contributed by atoms with Crippen LogP contribution in [0.25, 0.3) is 11.2 Å². The van der Waals surface area contributed by atoms with Crippen molar-refractivity contribution in [3.63, 3.8) is 0 Å². The molecule has 0 aliphatic carbocycles. The number of carboxylic acid groups (broad SMARTS) is 2. The van der Waals surface area contributed by atoms with Gasteiger partial charge in [-0.25, -0.2) is 19.6 Å². The number of H-pyrrole nitrogens is 1. The summed E-state index contributed by atoms with van der Waals surface area (Å²) in [6.45, 7) is 0.0155. The molecule has 0 spiro atoms. The van der Waals surface area contributed by atoms with E-state index in [9.17, 15) is 43.8 Å². The molecule has 22 heteroatoms. The van der Waals surface area contributed by atoms with Crippen LogP contribution in [0, 0.1) is 0 Å². The van der Waals surface area contributed by atoms with E-state index in [1.165, 1.54) is 30.5 Å². The van der Waals surface area contributed by atoms with Crippen LogP contribution in [0.4, 0.5) is 11.6 Å². The Labute approximate surface area is 294 Å². The average molecular weight is 731 g/mol. The zero-order valence-electron chi connectivity index (χ0n) is 26.9. The van der Waals surface area contributed by atoms with Gasteiger partial charge >= 0.3 is 11.9 Å². The van der Waals surface area contributed by atoms with Crippen LogP contribution in [0.15, 0.2) is 35.3 Å². The molecule has 4 atom stereocenters. The monoisotopic (exact) mass is 730 g/mol. The first-order valence-corrected chi connectivity index (χ1v) is 15.9. The molecule has 14 N–H and O–H groups in total. The first-order chi connectivity index (χ1) is 24.3. The maximum absolute atomic E-state index is 13.0. The molecule has 0 radical (unpaired) electrons. The molecule has 21 nitrogen and oxygen atoms in total. The number of thiol groups is 1. The van der Waals surface area contributed by atoms with Crippen molar-refractivity contribution in [3.8, 4) is 0 Å². The molecule has 0 aliphatic heterocycles. The number of fused-ring (bicyclic) bond motifs is 1.